The van der Waals surface area contributed by atoms with E-state index in [1.165, 1.54) is 49.9 Å². The van der Waals surface area contributed by atoms with Gasteiger partial charge in [-0.1, -0.05) is 41.5 Å². The molecule has 4 aliphatic rings. The Morgan fingerprint density at radius 1 is 0.720 bits per heavy atom. The maximum Gasteiger partial charge on any atom is 0.0406 e. The summed E-state index contributed by atoms with van der Waals surface area (Å²) in [5.41, 5.74) is 4.69. The van der Waals surface area contributed by atoms with Crippen molar-refractivity contribution < 1.29 is 0 Å². The number of nitrogens with zero attached hydrogens (tertiary/aromatic N) is 2. The van der Waals surface area contributed by atoms with Crippen LogP contribution in [0.15, 0.2) is 9.98 Å². The Morgan fingerprint density at radius 3 is 1.40 bits per heavy atom. The van der Waals surface area contributed by atoms with Crippen LogP contribution in [0, 0.1) is 33.5 Å². The van der Waals surface area contributed by atoms with Crippen molar-refractivity contribution in [2.24, 2.45) is 43.5 Å². The molecule has 4 atom stereocenters. The molecule has 0 aliphatic heterocycles. The molecule has 4 fully saturated rings. The first-order valence-electron chi connectivity index (χ1n) is 10.7. The number of rotatable bonds is 4. The Balaban J connectivity index is 1.35. The van der Waals surface area contributed by atoms with E-state index in [9.17, 15) is 0 Å². The molecular formula is C23H38N2. The second kappa shape index (κ2) is 5.42. The van der Waals surface area contributed by atoms with E-state index in [2.05, 4.69) is 41.5 Å². The zero-order valence-corrected chi connectivity index (χ0v) is 17.4. The number of hydrogen-bond donors (Lipinski definition) is 0. The van der Waals surface area contributed by atoms with Crippen LogP contribution < -0.4 is 0 Å². The van der Waals surface area contributed by atoms with Crippen molar-refractivity contribution in [3.8, 4) is 0 Å². The van der Waals surface area contributed by atoms with Crippen LogP contribution in [0.3, 0.4) is 0 Å². The molecule has 25 heavy (non-hydrogen) atoms. The molecule has 4 bridgehead atoms. The van der Waals surface area contributed by atoms with E-state index in [1.54, 1.807) is 0 Å². The van der Waals surface area contributed by atoms with Gasteiger partial charge >= 0.3 is 0 Å². The molecule has 0 aromatic carbocycles. The fourth-order valence-corrected chi connectivity index (χ4v) is 6.83. The lowest BCUT2D eigenvalue weighted by Crippen LogP contribution is -2.33. The summed E-state index contributed by atoms with van der Waals surface area (Å²) in [6.45, 7) is 16.8. The van der Waals surface area contributed by atoms with E-state index in [-0.39, 0.29) is 0 Å². The lowest BCUT2D eigenvalue weighted by Gasteiger charge is -2.34. The van der Waals surface area contributed by atoms with Crippen molar-refractivity contribution >= 4 is 11.4 Å². The van der Waals surface area contributed by atoms with Gasteiger partial charge in [-0.05, 0) is 67.6 Å². The van der Waals surface area contributed by atoms with Gasteiger partial charge in [0.1, 0.15) is 0 Å². The highest BCUT2D eigenvalue weighted by atomic mass is 14.8. The third-order valence-corrected chi connectivity index (χ3v) is 9.95. The summed E-state index contributed by atoms with van der Waals surface area (Å²) >= 11 is 0. The maximum absolute atomic E-state index is 5.08. The van der Waals surface area contributed by atoms with E-state index in [0.717, 1.165) is 31.3 Å². The molecule has 0 unspecified atom stereocenters. The van der Waals surface area contributed by atoms with Gasteiger partial charge in [0.15, 0.2) is 0 Å². The highest BCUT2D eigenvalue weighted by molar-refractivity contribution is 5.95. The average Bonchev–Trinajstić information content (AvgIpc) is 3.06. The van der Waals surface area contributed by atoms with Gasteiger partial charge in [0.2, 0.25) is 0 Å². The topological polar surface area (TPSA) is 24.7 Å². The molecule has 0 N–H and O–H groups in total. The van der Waals surface area contributed by atoms with Crippen LogP contribution in [-0.4, -0.2) is 24.5 Å². The minimum atomic E-state index is 0.367. The summed E-state index contributed by atoms with van der Waals surface area (Å²) in [7, 11) is 0. The third-order valence-electron chi connectivity index (χ3n) is 9.95. The fourth-order valence-electron chi connectivity index (χ4n) is 6.83. The van der Waals surface area contributed by atoms with E-state index in [4.69, 9.17) is 9.98 Å². The second-order valence-electron chi connectivity index (χ2n) is 11.0. The van der Waals surface area contributed by atoms with Crippen molar-refractivity contribution in [2.45, 2.75) is 86.5 Å². The zero-order valence-electron chi connectivity index (χ0n) is 17.4. The Kier molecular flexibility index (Phi) is 3.85. The lowest BCUT2D eigenvalue weighted by molar-refractivity contribution is 0.193. The lowest BCUT2D eigenvalue weighted by atomic mass is 9.70. The first kappa shape index (κ1) is 17.7. The first-order chi connectivity index (χ1) is 11.6. The Hall–Kier alpha value is -0.660. The molecule has 0 aromatic rings. The van der Waals surface area contributed by atoms with Crippen molar-refractivity contribution in [3.63, 3.8) is 0 Å². The molecule has 0 saturated heterocycles. The number of aliphatic imine (C=N–C) groups is 2. The minimum Gasteiger partial charge on any atom is -0.293 e. The molecule has 4 saturated carbocycles. The minimum absolute atomic E-state index is 0.367. The summed E-state index contributed by atoms with van der Waals surface area (Å²) in [6.07, 6.45) is 9.14. The smallest absolute Gasteiger partial charge is 0.0406 e. The van der Waals surface area contributed by atoms with Crippen LogP contribution in [0.4, 0.5) is 0 Å². The zero-order chi connectivity index (χ0) is 18.1. The Labute approximate surface area is 155 Å². The fraction of sp³-hybridized carbons (Fsp3) is 0.913. The van der Waals surface area contributed by atoms with E-state index in [0.29, 0.717) is 21.7 Å². The number of fused-ring (bicyclic) bond motifs is 4. The van der Waals surface area contributed by atoms with E-state index < -0.39 is 0 Å². The van der Waals surface area contributed by atoms with E-state index in [1.807, 2.05) is 0 Å². The van der Waals surface area contributed by atoms with Crippen LogP contribution in [0.1, 0.15) is 86.5 Å². The summed E-state index contributed by atoms with van der Waals surface area (Å²) < 4.78 is 0. The van der Waals surface area contributed by atoms with Crippen LogP contribution in [0.5, 0.6) is 0 Å². The van der Waals surface area contributed by atoms with Gasteiger partial charge in [-0.15, -0.1) is 0 Å². The maximum atomic E-state index is 5.08. The number of hydrogen-bond acceptors (Lipinski definition) is 2. The standard InChI is InChI=1S/C23H38N2/c1-20(2)16-8-10-22(20,5)18(14-16)24-12-7-13-25-19-15-17-9-11-23(19,6)21(17,3)4/h16-17H,7-15H2,1-6H3/t16-,17-,22-,23-/m1/s1. The molecule has 140 valence electrons. The molecule has 4 aliphatic carbocycles. The molecule has 0 amide bonds. The van der Waals surface area contributed by atoms with Crippen molar-refractivity contribution in [1.82, 2.24) is 0 Å². The molecule has 0 spiro atoms. The van der Waals surface area contributed by atoms with Crippen molar-refractivity contribution in [1.29, 1.82) is 0 Å². The highest BCUT2D eigenvalue weighted by Crippen LogP contribution is 2.64. The Morgan fingerprint density at radius 2 is 1.12 bits per heavy atom. The van der Waals surface area contributed by atoms with Gasteiger partial charge in [-0.2, -0.15) is 0 Å². The third kappa shape index (κ3) is 2.21. The summed E-state index contributed by atoms with van der Waals surface area (Å²) in [6, 6.07) is 0. The molecule has 2 nitrogen and oxygen atoms in total. The van der Waals surface area contributed by atoms with Crippen LogP contribution in [0.25, 0.3) is 0 Å². The van der Waals surface area contributed by atoms with Gasteiger partial charge in [-0.25, -0.2) is 0 Å². The van der Waals surface area contributed by atoms with Crippen molar-refractivity contribution in [2.75, 3.05) is 13.1 Å². The molecule has 4 rings (SSSR count). The first-order valence-corrected chi connectivity index (χ1v) is 10.7. The van der Waals surface area contributed by atoms with Gasteiger partial charge < -0.3 is 0 Å². The largest absolute Gasteiger partial charge is 0.293 e. The highest BCUT2D eigenvalue weighted by Gasteiger charge is 2.60. The predicted octanol–water partition coefficient (Wildman–Crippen LogP) is 5.95. The van der Waals surface area contributed by atoms with Crippen molar-refractivity contribution in [3.05, 3.63) is 0 Å². The van der Waals surface area contributed by atoms with Gasteiger partial charge in [0, 0.05) is 35.3 Å². The normalized spacial score (nSPS) is 46.6. The van der Waals surface area contributed by atoms with E-state index >= 15 is 0 Å². The second-order valence-corrected chi connectivity index (χ2v) is 11.0. The molecule has 0 aromatic heterocycles. The summed E-state index contributed by atoms with van der Waals surface area (Å²) in [5, 5.41) is 0. The van der Waals surface area contributed by atoms with Gasteiger partial charge in [0.05, 0.1) is 0 Å². The summed E-state index contributed by atoms with van der Waals surface area (Å²) in [4.78, 5) is 10.2. The van der Waals surface area contributed by atoms with Gasteiger partial charge in [0.25, 0.3) is 0 Å². The predicted molar refractivity (Wildman–Crippen MR) is 108 cm³/mol. The van der Waals surface area contributed by atoms with Crippen LogP contribution in [-0.2, 0) is 0 Å². The molecule has 0 heterocycles. The van der Waals surface area contributed by atoms with Crippen LogP contribution >= 0.6 is 0 Å². The molecule has 0 radical (unpaired) electrons. The van der Waals surface area contributed by atoms with Crippen LogP contribution in [0.2, 0.25) is 0 Å². The SMILES string of the molecule is CC1(C)[C@@H]2CC[C@]1(C)C(=NCCCN=C1C[C@H]3CC[C@@]1(C)C3(C)C)C2. The molecule has 2 heteroatoms. The molecular weight excluding hydrogens is 304 g/mol. The Bertz CT molecular complexity index is 572. The van der Waals surface area contributed by atoms with Gasteiger partial charge in [-0.3, -0.25) is 9.98 Å². The summed E-state index contributed by atoms with van der Waals surface area (Å²) in [5.74, 6) is 1.74. The average molecular weight is 343 g/mol. The monoisotopic (exact) mass is 342 g/mol. The quantitative estimate of drug-likeness (QED) is 0.564.